The van der Waals surface area contributed by atoms with Crippen LogP contribution in [0.2, 0.25) is 0 Å². The highest BCUT2D eigenvalue weighted by atomic mass is 19.4. The monoisotopic (exact) mass is 295 g/mol. The molecule has 108 valence electrons. The van der Waals surface area contributed by atoms with Gasteiger partial charge in [-0.25, -0.2) is 4.79 Å². The van der Waals surface area contributed by atoms with Gasteiger partial charge in [0.25, 0.3) is 0 Å². The Hall–Kier alpha value is -2.77. The molecule has 0 radical (unpaired) electrons. The lowest BCUT2D eigenvalue weighted by molar-refractivity contribution is -0.136. The predicted molar refractivity (Wildman–Crippen MR) is 67.8 cm³/mol. The summed E-state index contributed by atoms with van der Waals surface area (Å²) in [5, 5.41) is 15.3. The summed E-state index contributed by atoms with van der Waals surface area (Å²) in [5.74, 6) is -1.19. The van der Waals surface area contributed by atoms with E-state index in [1.54, 1.807) is 0 Å². The molecule has 0 bridgehead atoms. The number of aromatic nitrogens is 3. The summed E-state index contributed by atoms with van der Waals surface area (Å²) < 4.78 is 38.8. The number of hydrogen-bond donors (Lipinski definition) is 3. The molecule has 1 aromatic carbocycles. The predicted octanol–water partition coefficient (Wildman–Crippen LogP) is 3.28. The van der Waals surface area contributed by atoms with E-state index < -0.39 is 17.7 Å². The van der Waals surface area contributed by atoms with E-state index in [0.717, 1.165) is 6.07 Å². The first-order valence-electron chi connectivity index (χ1n) is 5.84. The fourth-order valence-corrected chi connectivity index (χ4v) is 2.10. The molecule has 0 atom stereocenters. The van der Waals surface area contributed by atoms with E-state index >= 15 is 0 Å². The number of aromatic amines is 2. The number of nitrogens with zero attached hydrogens (tertiary/aromatic N) is 1. The van der Waals surface area contributed by atoms with E-state index in [2.05, 4.69) is 15.2 Å². The molecular weight excluding hydrogens is 287 g/mol. The highest BCUT2D eigenvalue weighted by Crippen LogP contribution is 2.35. The van der Waals surface area contributed by atoms with Crippen LogP contribution in [0.15, 0.2) is 30.3 Å². The average Bonchev–Trinajstić information content (AvgIpc) is 3.03. The Kier molecular flexibility index (Phi) is 2.75. The third-order valence-electron chi connectivity index (χ3n) is 3.05. The Morgan fingerprint density at radius 2 is 2.00 bits per heavy atom. The number of alkyl halides is 3. The molecule has 0 aliphatic rings. The average molecular weight is 295 g/mol. The van der Waals surface area contributed by atoms with Gasteiger partial charge in [-0.1, -0.05) is 12.1 Å². The molecule has 2 aromatic heterocycles. The lowest BCUT2D eigenvalue weighted by Crippen LogP contribution is -2.05. The number of halogens is 3. The molecule has 0 aliphatic heterocycles. The van der Waals surface area contributed by atoms with Crippen molar-refractivity contribution >= 4 is 16.9 Å². The lowest BCUT2D eigenvalue weighted by Gasteiger charge is -2.07. The third kappa shape index (κ3) is 2.24. The number of H-pyrrole nitrogens is 2. The maximum atomic E-state index is 12.9. The summed E-state index contributed by atoms with van der Waals surface area (Å²) >= 11 is 0. The summed E-state index contributed by atoms with van der Waals surface area (Å²) in [7, 11) is 0. The fourth-order valence-electron chi connectivity index (χ4n) is 2.10. The summed E-state index contributed by atoms with van der Waals surface area (Å²) in [4.78, 5) is 13.4. The molecule has 2 heterocycles. The van der Waals surface area contributed by atoms with Crippen LogP contribution in [0.3, 0.4) is 0 Å². The van der Waals surface area contributed by atoms with Crippen molar-refractivity contribution < 1.29 is 23.1 Å². The normalized spacial score (nSPS) is 12.0. The van der Waals surface area contributed by atoms with Gasteiger partial charge in [0.15, 0.2) is 0 Å². The molecule has 0 saturated carbocycles. The zero-order valence-corrected chi connectivity index (χ0v) is 10.3. The number of rotatable bonds is 2. The standard InChI is InChI=1S/C13H8F3N3O2/c14-13(15,16)7-3-1-2-6-4-8(17-11(6)7)9-5-10(12(20)21)19-18-9/h1-5,17H,(H,18,19)(H,20,21). The number of carboxylic acids is 1. The van der Waals surface area contributed by atoms with Gasteiger partial charge < -0.3 is 10.1 Å². The van der Waals surface area contributed by atoms with Gasteiger partial charge in [-0.3, -0.25) is 5.10 Å². The van der Waals surface area contributed by atoms with E-state index in [4.69, 9.17) is 5.11 Å². The molecule has 3 aromatic rings. The Bertz CT molecular complexity index is 833. The van der Waals surface area contributed by atoms with E-state index in [-0.39, 0.29) is 16.9 Å². The number of carbonyl (C=O) groups is 1. The van der Waals surface area contributed by atoms with Gasteiger partial charge in [0.05, 0.1) is 16.8 Å². The van der Waals surface area contributed by atoms with Crippen molar-refractivity contribution in [2.24, 2.45) is 0 Å². The number of benzene rings is 1. The molecule has 0 amide bonds. The second-order valence-corrected chi connectivity index (χ2v) is 4.42. The van der Waals surface area contributed by atoms with Crippen LogP contribution in [-0.4, -0.2) is 26.3 Å². The van der Waals surface area contributed by atoms with Crippen molar-refractivity contribution in [3.8, 4) is 11.4 Å². The van der Waals surface area contributed by atoms with Crippen molar-refractivity contribution in [2.75, 3.05) is 0 Å². The van der Waals surface area contributed by atoms with Gasteiger partial charge in [-0.2, -0.15) is 18.3 Å². The first-order valence-corrected chi connectivity index (χ1v) is 5.84. The zero-order valence-electron chi connectivity index (χ0n) is 10.3. The van der Waals surface area contributed by atoms with Crippen molar-refractivity contribution in [1.29, 1.82) is 0 Å². The molecule has 5 nitrogen and oxygen atoms in total. The smallest absolute Gasteiger partial charge is 0.418 e. The van der Waals surface area contributed by atoms with Gasteiger partial charge in [0, 0.05) is 11.5 Å². The molecule has 21 heavy (non-hydrogen) atoms. The Morgan fingerprint density at radius 3 is 2.62 bits per heavy atom. The van der Waals surface area contributed by atoms with Crippen LogP contribution in [0.4, 0.5) is 13.2 Å². The molecule has 0 unspecified atom stereocenters. The van der Waals surface area contributed by atoms with Crippen LogP contribution in [0.25, 0.3) is 22.3 Å². The Morgan fingerprint density at radius 1 is 1.24 bits per heavy atom. The Labute approximate surface area is 115 Å². The summed E-state index contributed by atoms with van der Waals surface area (Å²) in [6.45, 7) is 0. The lowest BCUT2D eigenvalue weighted by atomic mass is 10.1. The third-order valence-corrected chi connectivity index (χ3v) is 3.05. The van der Waals surface area contributed by atoms with Crippen LogP contribution in [0.1, 0.15) is 16.1 Å². The molecule has 3 N–H and O–H groups in total. The Balaban J connectivity index is 2.15. The minimum Gasteiger partial charge on any atom is -0.477 e. The topological polar surface area (TPSA) is 81.8 Å². The second-order valence-electron chi connectivity index (χ2n) is 4.42. The van der Waals surface area contributed by atoms with Crippen molar-refractivity contribution in [3.05, 3.63) is 41.6 Å². The van der Waals surface area contributed by atoms with Crippen LogP contribution in [0, 0.1) is 0 Å². The minimum absolute atomic E-state index is 0.0557. The summed E-state index contributed by atoms with van der Waals surface area (Å²) in [6, 6.07) is 6.58. The molecule has 0 saturated heterocycles. The molecular formula is C13H8F3N3O2. The minimum atomic E-state index is -4.47. The highest BCUT2D eigenvalue weighted by Gasteiger charge is 2.33. The van der Waals surface area contributed by atoms with Gasteiger partial charge in [0.1, 0.15) is 11.4 Å². The zero-order chi connectivity index (χ0) is 15.2. The van der Waals surface area contributed by atoms with Crippen LogP contribution >= 0.6 is 0 Å². The number of nitrogens with one attached hydrogen (secondary N) is 2. The number of fused-ring (bicyclic) bond motifs is 1. The molecule has 3 rings (SSSR count). The maximum absolute atomic E-state index is 12.9. The van der Waals surface area contributed by atoms with E-state index in [1.165, 1.54) is 24.3 Å². The SMILES string of the molecule is O=C(O)c1cc(-c2cc3cccc(C(F)(F)F)c3[nH]2)n[nH]1. The van der Waals surface area contributed by atoms with E-state index in [9.17, 15) is 18.0 Å². The number of aromatic carboxylic acids is 1. The molecule has 8 heteroatoms. The van der Waals surface area contributed by atoms with E-state index in [1.807, 2.05) is 0 Å². The van der Waals surface area contributed by atoms with Gasteiger partial charge in [0.2, 0.25) is 0 Å². The maximum Gasteiger partial charge on any atom is 0.418 e. The number of para-hydroxylation sites is 1. The van der Waals surface area contributed by atoms with Crippen molar-refractivity contribution in [3.63, 3.8) is 0 Å². The van der Waals surface area contributed by atoms with Crippen LogP contribution in [0.5, 0.6) is 0 Å². The van der Waals surface area contributed by atoms with Crippen LogP contribution < -0.4 is 0 Å². The van der Waals surface area contributed by atoms with Crippen LogP contribution in [-0.2, 0) is 6.18 Å². The number of carboxylic acid groups (broad SMARTS) is 1. The summed E-state index contributed by atoms with van der Waals surface area (Å²) in [5.41, 5.74) is -0.429. The fraction of sp³-hybridized carbons (Fsp3) is 0.0769. The molecule has 0 fully saturated rings. The van der Waals surface area contributed by atoms with E-state index in [0.29, 0.717) is 11.1 Å². The van der Waals surface area contributed by atoms with Gasteiger partial charge >= 0.3 is 12.1 Å². The number of hydrogen-bond acceptors (Lipinski definition) is 2. The first-order chi connectivity index (χ1) is 9.86. The molecule has 0 aliphatic carbocycles. The molecule has 0 spiro atoms. The van der Waals surface area contributed by atoms with Crippen molar-refractivity contribution in [1.82, 2.24) is 15.2 Å². The highest BCUT2D eigenvalue weighted by molar-refractivity contribution is 5.90. The van der Waals surface area contributed by atoms with Gasteiger partial charge in [-0.15, -0.1) is 0 Å². The van der Waals surface area contributed by atoms with Crippen molar-refractivity contribution in [2.45, 2.75) is 6.18 Å². The second kappa shape index (κ2) is 4.37. The largest absolute Gasteiger partial charge is 0.477 e. The quantitative estimate of drug-likeness (QED) is 0.678. The first kappa shape index (κ1) is 13.2. The summed E-state index contributed by atoms with van der Waals surface area (Å²) in [6.07, 6.45) is -4.47. The van der Waals surface area contributed by atoms with Gasteiger partial charge in [-0.05, 0) is 12.1 Å².